The zero-order valence-corrected chi connectivity index (χ0v) is 18.0. The Morgan fingerprint density at radius 1 is 0.848 bits per heavy atom. The molecule has 0 saturated carbocycles. The van der Waals surface area contributed by atoms with Crippen molar-refractivity contribution in [2.24, 2.45) is 5.41 Å². The normalized spacial score (nSPS) is 11.0. The number of nitrogens with one attached hydrogen (secondary N) is 2. The topological polar surface area (TPSA) is 95.5 Å². The molecule has 170 valence electrons. The fourth-order valence-corrected chi connectivity index (χ4v) is 3.04. The molecule has 0 bridgehead atoms. The number of benzene rings is 3. The summed E-state index contributed by atoms with van der Waals surface area (Å²) >= 11 is 0. The highest BCUT2D eigenvalue weighted by atomic mass is 19.1. The molecule has 2 amide bonds. The summed E-state index contributed by atoms with van der Waals surface area (Å²) in [6.45, 7) is 2.97. The first-order valence-corrected chi connectivity index (χ1v) is 10.1. The van der Waals surface area contributed by atoms with E-state index in [4.69, 9.17) is 0 Å². The Kier molecular flexibility index (Phi) is 6.86. The summed E-state index contributed by atoms with van der Waals surface area (Å²) in [7, 11) is 0. The molecule has 0 saturated heterocycles. The standard InChI is InChI=1S/C25H22F2N2O4/c1-25(2,23(31)32)14-22(30)16-5-3-15(4-6-16)17-7-12-21(20(27)13-17)29-24(33)28-19-10-8-18(26)9-11-19/h3-13H,14H2,1-2H3,(H,31,32)(H2,28,29,33). The number of hydrogen-bond donors (Lipinski definition) is 3. The molecule has 33 heavy (non-hydrogen) atoms. The lowest BCUT2D eigenvalue weighted by atomic mass is 9.85. The number of anilines is 2. The first-order valence-electron chi connectivity index (χ1n) is 10.1. The Morgan fingerprint density at radius 2 is 1.45 bits per heavy atom. The van der Waals surface area contributed by atoms with E-state index in [1.54, 1.807) is 30.3 Å². The van der Waals surface area contributed by atoms with Gasteiger partial charge in [0, 0.05) is 17.7 Å². The predicted molar refractivity (Wildman–Crippen MR) is 121 cm³/mol. The van der Waals surface area contributed by atoms with Gasteiger partial charge in [0.25, 0.3) is 0 Å². The van der Waals surface area contributed by atoms with Gasteiger partial charge in [-0.2, -0.15) is 0 Å². The molecule has 0 radical (unpaired) electrons. The Hall–Kier alpha value is -4.07. The molecule has 0 unspecified atom stereocenters. The second-order valence-corrected chi connectivity index (χ2v) is 8.15. The van der Waals surface area contributed by atoms with Crippen LogP contribution in [0.15, 0.2) is 66.7 Å². The third kappa shape index (κ3) is 6.00. The summed E-state index contributed by atoms with van der Waals surface area (Å²) in [6, 6.07) is 15.1. The van der Waals surface area contributed by atoms with Crippen LogP contribution in [0.25, 0.3) is 11.1 Å². The minimum atomic E-state index is -1.18. The van der Waals surface area contributed by atoms with Gasteiger partial charge in [0.15, 0.2) is 5.78 Å². The number of carbonyl (C=O) groups excluding carboxylic acids is 2. The van der Waals surface area contributed by atoms with Crippen LogP contribution in [0, 0.1) is 17.0 Å². The molecule has 6 nitrogen and oxygen atoms in total. The van der Waals surface area contributed by atoms with E-state index in [9.17, 15) is 28.3 Å². The second kappa shape index (κ2) is 9.60. The molecule has 0 aliphatic rings. The fraction of sp³-hybridized carbons (Fsp3) is 0.160. The number of halogens is 2. The number of rotatable bonds is 7. The van der Waals surface area contributed by atoms with Crippen LogP contribution in [0.4, 0.5) is 25.0 Å². The number of urea groups is 1. The highest BCUT2D eigenvalue weighted by Gasteiger charge is 2.30. The lowest BCUT2D eigenvalue weighted by molar-refractivity contribution is -0.146. The van der Waals surface area contributed by atoms with E-state index >= 15 is 0 Å². The van der Waals surface area contributed by atoms with Crippen LogP contribution in [0.1, 0.15) is 30.6 Å². The number of Topliss-reactive ketones (excluding diaryl/α,β-unsaturated/α-hetero) is 1. The minimum Gasteiger partial charge on any atom is -0.481 e. The summed E-state index contributed by atoms with van der Waals surface area (Å²) in [5.74, 6) is -2.45. The molecule has 0 aliphatic carbocycles. The Bertz CT molecular complexity index is 1190. The summed E-state index contributed by atoms with van der Waals surface area (Å²) in [6.07, 6.45) is -0.142. The quantitative estimate of drug-likeness (QED) is 0.386. The average molecular weight is 452 g/mol. The fourth-order valence-electron chi connectivity index (χ4n) is 3.04. The van der Waals surface area contributed by atoms with E-state index < -0.39 is 29.0 Å². The minimum absolute atomic E-state index is 0.0407. The molecular weight excluding hydrogens is 430 g/mol. The zero-order valence-electron chi connectivity index (χ0n) is 18.0. The van der Waals surface area contributed by atoms with Crippen LogP contribution in [0.5, 0.6) is 0 Å². The number of carboxylic acid groups (broad SMARTS) is 1. The van der Waals surface area contributed by atoms with Crippen molar-refractivity contribution in [2.75, 3.05) is 10.6 Å². The highest BCUT2D eigenvalue weighted by Crippen LogP contribution is 2.27. The number of carboxylic acids is 1. The zero-order chi connectivity index (χ0) is 24.2. The first-order chi connectivity index (χ1) is 15.5. The number of carbonyl (C=O) groups is 3. The summed E-state index contributed by atoms with van der Waals surface area (Å²) in [5.41, 5.74) is 0.676. The van der Waals surface area contributed by atoms with Crippen molar-refractivity contribution in [2.45, 2.75) is 20.3 Å². The maximum absolute atomic E-state index is 14.6. The number of ketones is 1. The molecule has 0 fully saturated rings. The molecule has 3 aromatic carbocycles. The van der Waals surface area contributed by atoms with Gasteiger partial charge in [-0.3, -0.25) is 9.59 Å². The lowest BCUT2D eigenvalue weighted by Crippen LogP contribution is -2.26. The van der Waals surface area contributed by atoms with Crippen LogP contribution in [-0.2, 0) is 4.79 Å². The van der Waals surface area contributed by atoms with Gasteiger partial charge in [-0.05, 0) is 61.4 Å². The maximum Gasteiger partial charge on any atom is 0.323 e. The van der Waals surface area contributed by atoms with E-state index in [1.165, 1.54) is 50.2 Å². The van der Waals surface area contributed by atoms with Crippen molar-refractivity contribution in [3.05, 3.63) is 83.9 Å². The van der Waals surface area contributed by atoms with E-state index in [1.807, 2.05) is 0 Å². The molecule has 0 aliphatic heterocycles. The second-order valence-electron chi connectivity index (χ2n) is 8.15. The molecule has 0 heterocycles. The summed E-state index contributed by atoms with van der Waals surface area (Å²) < 4.78 is 27.5. The van der Waals surface area contributed by atoms with Crippen molar-refractivity contribution in [3.8, 4) is 11.1 Å². The van der Waals surface area contributed by atoms with Crippen LogP contribution in [-0.4, -0.2) is 22.9 Å². The summed E-state index contributed by atoms with van der Waals surface area (Å²) in [4.78, 5) is 35.7. The Balaban J connectivity index is 1.67. The van der Waals surface area contributed by atoms with Gasteiger partial charge in [0.05, 0.1) is 11.1 Å². The monoisotopic (exact) mass is 452 g/mol. The van der Waals surface area contributed by atoms with Gasteiger partial charge in [0.2, 0.25) is 0 Å². The Labute approximate surface area is 189 Å². The van der Waals surface area contributed by atoms with Crippen LogP contribution in [0.3, 0.4) is 0 Å². The molecule has 0 aromatic heterocycles. The van der Waals surface area contributed by atoms with E-state index in [-0.39, 0.29) is 17.9 Å². The van der Waals surface area contributed by atoms with Crippen molar-refractivity contribution in [1.82, 2.24) is 0 Å². The third-order valence-corrected chi connectivity index (χ3v) is 5.04. The number of amides is 2. The number of aliphatic carboxylic acids is 1. The van der Waals surface area contributed by atoms with Crippen molar-refractivity contribution < 1.29 is 28.3 Å². The van der Waals surface area contributed by atoms with Crippen LogP contribution in [0.2, 0.25) is 0 Å². The Morgan fingerprint density at radius 3 is 2.03 bits per heavy atom. The van der Waals surface area contributed by atoms with E-state index in [0.717, 1.165) is 0 Å². The van der Waals surface area contributed by atoms with Gasteiger partial charge in [-0.25, -0.2) is 13.6 Å². The third-order valence-electron chi connectivity index (χ3n) is 5.04. The van der Waals surface area contributed by atoms with Gasteiger partial charge in [0.1, 0.15) is 11.6 Å². The van der Waals surface area contributed by atoms with Crippen molar-refractivity contribution >= 4 is 29.2 Å². The molecule has 3 rings (SSSR count). The smallest absolute Gasteiger partial charge is 0.323 e. The lowest BCUT2D eigenvalue weighted by Gasteiger charge is -2.17. The maximum atomic E-state index is 14.6. The van der Waals surface area contributed by atoms with Gasteiger partial charge in [-0.1, -0.05) is 30.3 Å². The molecule has 3 N–H and O–H groups in total. The predicted octanol–water partition coefficient (Wildman–Crippen LogP) is 5.96. The van der Waals surface area contributed by atoms with Crippen LogP contribution >= 0.6 is 0 Å². The summed E-state index contributed by atoms with van der Waals surface area (Å²) in [5, 5.41) is 14.1. The van der Waals surface area contributed by atoms with E-state index in [0.29, 0.717) is 22.4 Å². The van der Waals surface area contributed by atoms with Gasteiger partial charge < -0.3 is 15.7 Å². The van der Waals surface area contributed by atoms with E-state index in [2.05, 4.69) is 10.6 Å². The van der Waals surface area contributed by atoms with Crippen molar-refractivity contribution in [1.29, 1.82) is 0 Å². The van der Waals surface area contributed by atoms with Crippen molar-refractivity contribution in [3.63, 3.8) is 0 Å². The molecule has 8 heteroatoms. The first kappa shape index (κ1) is 23.6. The number of hydrogen-bond acceptors (Lipinski definition) is 3. The van der Waals surface area contributed by atoms with Gasteiger partial charge in [-0.15, -0.1) is 0 Å². The highest BCUT2D eigenvalue weighted by molar-refractivity contribution is 6.00. The largest absolute Gasteiger partial charge is 0.481 e. The molecule has 3 aromatic rings. The SMILES string of the molecule is CC(C)(CC(=O)c1ccc(-c2ccc(NC(=O)Nc3ccc(F)cc3)c(F)c2)cc1)C(=O)O. The molecule has 0 spiro atoms. The molecular formula is C25H22F2N2O4. The molecule has 0 atom stereocenters. The van der Waals surface area contributed by atoms with Gasteiger partial charge >= 0.3 is 12.0 Å². The average Bonchev–Trinajstić information content (AvgIpc) is 2.76. The van der Waals surface area contributed by atoms with Crippen LogP contribution < -0.4 is 10.6 Å².